The van der Waals surface area contributed by atoms with E-state index in [4.69, 9.17) is 9.63 Å². The van der Waals surface area contributed by atoms with Crippen LogP contribution in [0.5, 0.6) is 0 Å². The Labute approximate surface area is 110 Å². The molecule has 1 atom stereocenters. The number of aliphatic hydroxyl groups excluding tert-OH is 1. The summed E-state index contributed by atoms with van der Waals surface area (Å²) in [6.07, 6.45) is -0.577. The fourth-order valence-electron chi connectivity index (χ4n) is 1.56. The number of nitrogens with one attached hydrogen (secondary N) is 1. The number of hydrogen-bond acceptors (Lipinski definition) is 5. The van der Waals surface area contributed by atoms with Gasteiger partial charge in [-0.25, -0.2) is 0 Å². The summed E-state index contributed by atoms with van der Waals surface area (Å²) in [6.45, 7) is 3.53. The Bertz CT molecular complexity index is 578. The number of carbonyl (C=O) groups is 1. The van der Waals surface area contributed by atoms with E-state index in [1.54, 1.807) is 38.1 Å². The fraction of sp³-hybridized carbons (Fsp3) is 0.308. The van der Waals surface area contributed by atoms with Crippen LogP contribution >= 0.6 is 0 Å². The second-order valence-corrected chi connectivity index (χ2v) is 4.28. The standard InChI is InChI=1S/C13H15N3O3/c1-8(17)7-14-13(18)11-5-3-4-10(6-11)12-15-9(2)19-16-12/h3-6,8,17H,7H2,1-2H3,(H,14,18). The van der Waals surface area contributed by atoms with E-state index in [-0.39, 0.29) is 12.5 Å². The van der Waals surface area contributed by atoms with Gasteiger partial charge in [-0.2, -0.15) is 4.98 Å². The Balaban J connectivity index is 2.17. The van der Waals surface area contributed by atoms with E-state index in [0.29, 0.717) is 22.8 Å². The molecule has 0 saturated heterocycles. The zero-order valence-electron chi connectivity index (χ0n) is 10.8. The number of hydrogen-bond donors (Lipinski definition) is 2. The lowest BCUT2D eigenvalue weighted by atomic mass is 10.1. The van der Waals surface area contributed by atoms with Gasteiger partial charge < -0.3 is 14.9 Å². The Kier molecular flexibility index (Phi) is 3.91. The molecule has 0 saturated carbocycles. The second kappa shape index (κ2) is 5.62. The lowest BCUT2D eigenvalue weighted by molar-refractivity contribution is 0.0924. The van der Waals surface area contributed by atoms with Crippen LogP contribution in [0, 0.1) is 6.92 Å². The third-order valence-electron chi connectivity index (χ3n) is 2.47. The van der Waals surface area contributed by atoms with Crippen LogP contribution in [-0.4, -0.2) is 33.8 Å². The minimum absolute atomic E-state index is 0.213. The monoisotopic (exact) mass is 261 g/mol. The average Bonchev–Trinajstić information content (AvgIpc) is 2.83. The van der Waals surface area contributed by atoms with E-state index in [2.05, 4.69) is 15.5 Å². The predicted octanol–water partition coefficient (Wildman–Crippen LogP) is 1.16. The third-order valence-corrected chi connectivity index (χ3v) is 2.47. The molecule has 2 aromatic rings. The van der Waals surface area contributed by atoms with Crippen molar-refractivity contribution >= 4 is 5.91 Å². The molecule has 0 radical (unpaired) electrons. The highest BCUT2D eigenvalue weighted by Crippen LogP contribution is 2.17. The van der Waals surface area contributed by atoms with Crippen LogP contribution in [0.25, 0.3) is 11.4 Å². The largest absolute Gasteiger partial charge is 0.392 e. The first kappa shape index (κ1) is 13.2. The number of aryl methyl sites for hydroxylation is 1. The minimum atomic E-state index is -0.577. The van der Waals surface area contributed by atoms with E-state index in [0.717, 1.165) is 0 Å². The van der Waals surface area contributed by atoms with Crippen molar-refractivity contribution in [1.82, 2.24) is 15.5 Å². The fourth-order valence-corrected chi connectivity index (χ4v) is 1.56. The number of aliphatic hydroxyl groups is 1. The highest BCUT2D eigenvalue weighted by Gasteiger charge is 2.10. The maximum absolute atomic E-state index is 11.9. The molecule has 1 heterocycles. The average molecular weight is 261 g/mol. The second-order valence-electron chi connectivity index (χ2n) is 4.28. The van der Waals surface area contributed by atoms with Crippen molar-refractivity contribution in [3.63, 3.8) is 0 Å². The smallest absolute Gasteiger partial charge is 0.251 e. The van der Waals surface area contributed by atoms with Crippen molar-refractivity contribution in [3.05, 3.63) is 35.7 Å². The molecular weight excluding hydrogens is 246 g/mol. The molecule has 1 amide bonds. The van der Waals surface area contributed by atoms with Crippen molar-refractivity contribution in [3.8, 4) is 11.4 Å². The first-order valence-electron chi connectivity index (χ1n) is 5.93. The van der Waals surface area contributed by atoms with Gasteiger partial charge in [-0.05, 0) is 19.1 Å². The van der Waals surface area contributed by atoms with Crippen LogP contribution in [-0.2, 0) is 0 Å². The molecule has 0 fully saturated rings. The van der Waals surface area contributed by atoms with Crippen LogP contribution < -0.4 is 5.32 Å². The van der Waals surface area contributed by atoms with Gasteiger partial charge in [0.05, 0.1) is 6.10 Å². The van der Waals surface area contributed by atoms with Gasteiger partial charge >= 0.3 is 0 Å². The SMILES string of the molecule is Cc1nc(-c2cccc(C(=O)NCC(C)O)c2)no1. The number of nitrogens with zero attached hydrogens (tertiary/aromatic N) is 2. The van der Waals surface area contributed by atoms with Gasteiger partial charge in [0.25, 0.3) is 5.91 Å². The van der Waals surface area contributed by atoms with E-state index in [1.165, 1.54) is 0 Å². The first-order valence-corrected chi connectivity index (χ1v) is 5.93. The summed E-state index contributed by atoms with van der Waals surface area (Å²) >= 11 is 0. The van der Waals surface area contributed by atoms with E-state index >= 15 is 0 Å². The predicted molar refractivity (Wildman–Crippen MR) is 68.5 cm³/mol. The molecule has 6 heteroatoms. The molecular formula is C13H15N3O3. The summed E-state index contributed by atoms with van der Waals surface area (Å²) in [5.74, 6) is 0.671. The number of rotatable bonds is 4. The number of aromatic nitrogens is 2. The quantitative estimate of drug-likeness (QED) is 0.862. The Hall–Kier alpha value is -2.21. The molecule has 1 aromatic heterocycles. The maximum Gasteiger partial charge on any atom is 0.251 e. The molecule has 1 aromatic carbocycles. The lowest BCUT2D eigenvalue weighted by Gasteiger charge is -2.07. The highest BCUT2D eigenvalue weighted by atomic mass is 16.5. The Morgan fingerprint density at radius 1 is 1.53 bits per heavy atom. The number of amides is 1. The molecule has 6 nitrogen and oxygen atoms in total. The van der Waals surface area contributed by atoms with Gasteiger partial charge in [0, 0.05) is 24.6 Å². The van der Waals surface area contributed by atoms with Crippen molar-refractivity contribution in [2.24, 2.45) is 0 Å². The summed E-state index contributed by atoms with van der Waals surface area (Å²) in [5.41, 5.74) is 1.20. The zero-order chi connectivity index (χ0) is 13.8. The molecule has 100 valence electrons. The van der Waals surface area contributed by atoms with Crippen molar-refractivity contribution < 1.29 is 14.4 Å². The van der Waals surface area contributed by atoms with E-state index in [1.807, 2.05) is 0 Å². The maximum atomic E-state index is 11.9. The van der Waals surface area contributed by atoms with Gasteiger partial charge in [0.2, 0.25) is 11.7 Å². The minimum Gasteiger partial charge on any atom is -0.392 e. The highest BCUT2D eigenvalue weighted by molar-refractivity contribution is 5.95. The first-order chi connectivity index (χ1) is 9.06. The van der Waals surface area contributed by atoms with Crippen LogP contribution in [0.3, 0.4) is 0 Å². The molecule has 0 aliphatic rings. The van der Waals surface area contributed by atoms with Crippen LogP contribution in [0.1, 0.15) is 23.2 Å². The van der Waals surface area contributed by atoms with Gasteiger partial charge in [-0.3, -0.25) is 4.79 Å². The molecule has 0 aliphatic carbocycles. The summed E-state index contributed by atoms with van der Waals surface area (Å²) in [7, 11) is 0. The third kappa shape index (κ3) is 3.38. The summed E-state index contributed by atoms with van der Waals surface area (Å²) in [5, 5.41) is 15.6. The molecule has 0 bridgehead atoms. The van der Waals surface area contributed by atoms with E-state index in [9.17, 15) is 4.79 Å². The van der Waals surface area contributed by atoms with Crippen LogP contribution in [0.15, 0.2) is 28.8 Å². The molecule has 1 unspecified atom stereocenters. The summed E-state index contributed by atoms with van der Waals surface area (Å²) < 4.78 is 4.90. The summed E-state index contributed by atoms with van der Waals surface area (Å²) in [4.78, 5) is 16.0. The molecule has 0 aliphatic heterocycles. The molecule has 0 spiro atoms. The summed E-state index contributed by atoms with van der Waals surface area (Å²) in [6, 6.07) is 6.92. The topological polar surface area (TPSA) is 88.2 Å². The molecule has 19 heavy (non-hydrogen) atoms. The van der Waals surface area contributed by atoms with Gasteiger partial charge in [0.1, 0.15) is 0 Å². The Morgan fingerprint density at radius 3 is 2.95 bits per heavy atom. The number of carbonyl (C=O) groups excluding carboxylic acids is 1. The molecule has 2 rings (SSSR count). The van der Waals surface area contributed by atoms with Gasteiger partial charge in [-0.1, -0.05) is 17.3 Å². The van der Waals surface area contributed by atoms with Crippen LogP contribution in [0.4, 0.5) is 0 Å². The van der Waals surface area contributed by atoms with Crippen molar-refractivity contribution in [1.29, 1.82) is 0 Å². The number of benzene rings is 1. The zero-order valence-corrected chi connectivity index (χ0v) is 10.8. The molecule has 2 N–H and O–H groups in total. The van der Waals surface area contributed by atoms with Gasteiger partial charge in [0.15, 0.2) is 0 Å². The normalized spacial score (nSPS) is 12.2. The van der Waals surface area contributed by atoms with Crippen LogP contribution in [0.2, 0.25) is 0 Å². The van der Waals surface area contributed by atoms with Gasteiger partial charge in [-0.15, -0.1) is 0 Å². The lowest BCUT2D eigenvalue weighted by Crippen LogP contribution is -2.30. The van der Waals surface area contributed by atoms with E-state index < -0.39 is 6.10 Å². The Morgan fingerprint density at radius 2 is 2.32 bits per heavy atom. The van der Waals surface area contributed by atoms with Crippen molar-refractivity contribution in [2.75, 3.05) is 6.54 Å². The van der Waals surface area contributed by atoms with Crippen molar-refractivity contribution in [2.45, 2.75) is 20.0 Å².